The number of hydrogen-bond donors (Lipinski definition) is 0. The van der Waals surface area contributed by atoms with Crippen LogP contribution in [0.1, 0.15) is 5.56 Å². The lowest BCUT2D eigenvalue weighted by molar-refractivity contribution is 0.234. The summed E-state index contributed by atoms with van der Waals surface area (Å²) in [5.41, 5.74) is 1.38. The van der Waals surface area contributed by atoms with Gasteiger partial charge < -0.3 is 4.90 Å². The molecule has 0 saturated carbocycles. The van der Waals surface area contributed by atoms with Crippen LogP contribution in [0.5, 0.6) is 0 Å². The Hall–Kier alpha value is -2.02. The first-order valence-corrected chi connectivity index (χ1v) is 7.93. The SMILES string of the molecule is CN(Cc1cccc(F)c1)c1ccc(S(=O)(=O)C(F)F)cc1. The predicted molar refractivity (Wildman–Crippen MR) is 78.1 cm³/mol. The lowest BCUT2D eigenvalue weighted by atomic mass is 10.2. The van der Waals surface area contributed by atoms with Crippen molar-refractivity contribution < 1.29 is 21.6 Å². The second kappa shape index (κ2) is 6.39. The van der Waals surface area contributed by atoms with Crippen molar-refractivity contribution >= 4 is 15.5 Å². The summed E-state index contributed by atoms with van der Waals surface area (Å²) in [6.45, 7) is 0.401. The van der Waals surface area contributed by atoms with Crippen molar-refractivity contribution in [1.82, 2.24) is 0 Å². The number of halogens is 3. The van der Waals surface area contributed by atoms with Gasteiger partial charge in [0.2, 0.25) is 9.84 Å². The standard InChI is InChI=1S/C15H14F3NO2S/c1-19(10-11-3-2-4-12(16)9-11)13-5-7-14(8-6-13)22(20,21)15(17)18/h2-9,15H,10H2,1H3. The van der Waals surface area contributed by atoms with E-state index in [-0.39, 0.29) is 5.82 Å². The van der Waals surface area contributed by atoms with Gasteiger partial charge in [-0.25, -0.2) is 12.8 Å². The molecule has 3 nitrogen and oxygen atoms in total. The number of alkyl halides is 2. The molecule has 0 aliphatic heterocycles. The fourth-order valence-electron chi connectivity index (χ4n) is 1.99. The first-order valence-electron chi connectivity index (χ1n) is 6.38. The molecule has 0 aliphatic carbocycles. The van der Waals surface area contributed by atoms with Gasteiger partial charge in [-0.15, -0.1) is 0 Å². The Kier molecular flexibility index (Phi) is 4.75. The zero-order valence-electron chi connectivity index (χ0n) is 11.7. The third-order valence-electron chi connectivity index (χ3n) is 3.15. The predicted octanol–water partition coefficient (Wildman–Crippen LogP) is 3.46. The van der Waals surface area contributed by atoms with Gasteiger partial charge in [-0.2, -0.15) is 8.78 Å². The van der Waals surface area contributed by atoms with Gasteiger partial charge in [-0.05, 0) is 42.0 Å². The Morgan fingerprint density at radius 3 is 2.27 bits per heavy atom. The summed E-state index contributed by atoms with van der Waals surface area (Å²) >= 11 is 0. The maximum Gasteiger partial charge on any atom is 0.341 e. The summed E-state index contributed by atoms with van der Waals surface area (Å²) in [6.07, 6.45) is 0. The first kappa shape index (κ1) is 16.4. The third kappa shape index (κ3) is 3.59. The number of benzene rings is 2. The quantitative estimate of drug-likeness (QED) is 0.843. The van der Waals surface area contributed by atoms with E-state index < -0.39 is 20.5 Å². The summed E-state index contributed by atoms with van der Waals surface area (Å²) in [7, 11) is -2.85. The molecule has 22 heavy (non-hydrogen) atoms. The van der Waals surface area contributed by atoms with Crippen molar-refractivity contribution in [2.24, 2.45) is 0 Å². The van der Waals surface area contributed by atoms with Crippen molar-refractivity contribution in [1.29, 1.82) is 0 Å². The molecular formula is C15H14F3NO2S. The monoisotopic (exact) mass is 329 g/mol. The summed E-state index contributed by atoms with van der Waals surface area (Å²) in [5, 5.41) is 0. The third-order valence-corrected chi connectivity index (χ3v) is 4.55. The van der Waals surface area contributed by atoms with Crippen LogP contribution >= 0.6 is 0 Å². The average molecular weight is 329 g/mol. The minimum atomic E-state index is -4.59. The van der Waals surface area contributed by atoms with Gasteiger partial charge in [0.15, 0.2) is 0 Å². The second-order valence-electron chi connectivity index (χ2n) is 4.79. The van der Waals surface area contributed by atoms with Crippen molar-refractivity contribution in [3.8, 4) is 0 Å². The van der Waals surface area contributed by atoms with Gasteiger partial charge in [-0.3, -0.25) is 0 Å². The summed E-state index contributed by atoms with van der Waals surface area (Å²) < 4.78 is 60.7. The van der Waals surface area contributed by atoms with Crippen LogP contribution in [0.3, 0.4) is 0 Å². The van der Waals surface area contributed by atoms with Crippen molar-refractivity contribution in [2.75, 3.05) is 11.9 Å². The van der Waals surface area contributed by atoms with Gasteiger partial charge in [0, 0.05) is 19.3 Å². The van der Waals surface area contributed by atoms with Crippen LogP contribution in [0, 0.1) is 5.82 Å². The Morgan fingerprint density at radius 1 is 1.09 bits per heavy atom. The molecule has 0 bridgehead atoms. The first-order chi connectivity index (χ1) is 10.3. The highest BCUT2D eigenvalue weighted by Crippen LogP contribution is 2.22. The Labute approximate surface area is 126 Å². The molecule has 2 rings (SSSR count). The second-order valence-corrected chi connectivity index (χ2v) is 6.70. The molecule has 0 spiro atoms. The fourth-order valence-corrected chi connectivity index (χ4v) is 2.71. The highest BCUT2D eigenvalue weighted by Gasteiger charge is 2.26. The van der Waals surface area contributed by atoms with Gasteiger partial charge in [-0.1, -0.05) is 12.1 Å². The van der Waals surface area contributed by atoms with Crippen LogP contribution in [-0.2, 0) is 16.4 Å². The van der Waals surface area contributed by atoms with Gasteiger partial charge in [0.1, 0.15) is 5.82 Å². The van der Waals surface area contributed by atoms with Crippen LogP contribution in [0.2, 0.25) is 0 Å². The topological polar surface area (TPSA) is 37.4 Å². The lowest BCUT2D eigenvalue weighted by Crippen LogP contribution is -2.17. The van der Waals surface area contributed by atoms with Crippen LogP contribution in [0.4, 0.5) is 18.9 Å². The fraction of sp³-hybridized carbons (Fsp3) is 0.200. The van der Waals surface area contributed by atoms with E-state index in [1.165, 1.54) is 24.3 Å². The van der Waals surface area contributed by atoms with Crippen LogP contribution < -0.4 is 4.90 Å². The maximum absolute atomic E-state index is 13.1. The van der Waals surface area contributed by atoms with Gasteiger partial charge >= 0.3 is 5.76 Å². The molecule has 0 fully saturated rings. The molecule has 2 aromatic carbocycles. The van der Waals surface area contributed by atoms with Crippen LogP contribution in [-0.4, -0.2) is 21.2 Å². The number of rotatable bonds is 5. The molecule has 0 N–H and O–H groups in total. The number of anilines is 1. The van der Waals surface area contributed by atoms with Crippen LogP contribution in [0.25, 0.3) is 0 Å². The number of hydrogen-bond acceptors (Lipinski definition) is 3. The molecule has 0 atom stereocenters. The van der Waals surface area contributed by atoms with E-state index in [9.17, 15) is 21.6 Å². The summed E-state index contributed by atoms with van der Waals surface area (Å²) in [5.74, 6) is -3.78. The highest BCUT2D eigenvalue weighted by molar-refractivity contribution is 7.91. The smallest absolute Gasteiger partial charge is 0.341 e. The molecule has 2 aromatic rings. The van der Waals surface area contributed by atoms with E-state index in [2.05, 4.69) is 0 Å². The molecule has 7 heteroatoms. The van der Waals surface area contributed by atoms with Gasteiger partial charge in [0.05, 0.1) is 4.90 Å². The van der Waals surface area contributed by atoms with E-state index in [1.54, 1.807) is 24.1 Å². The van der Waals surface area contributed by atoms with Crippen molar-refractivity contribution in [3.63, 3.8) is 0 Å². The number of nitrogens with zero attached hydrogens (tertiary/aromatic N) is 1. The number of sulfone groups is 1. The van der Waals surface area contributed by atoms with Crippen LogP contribution in [0.15, 0.2) is 53.4 Å². The minimum absolute atomic E-state index is 0.343. The van der Waals surface area contributed by atoms with Gasteiger partial charge in [0.25, 0.3) is 0 Å². The highest BCUT2D eigenvalue weighted by atomic mass is 32.2. The van der Waals surface area contributed by atoms with E-state index in [1.807, 2.05) is 0 Å². The molecule has 0 amide bonds. The van der Waals surface area contributed by atoms with E-state index in [0.29, 0.717) is 12.2 Å². The van der Waals surface area contributed by atoms with Crippen molar-refractivity contribution in [3.05, 3.63) is 59.9 Å². The maximum atomic E-state index is 13.1. The summed E-state index contributed by atoms with van der Waals surface area (Å²) in [6, 6.07) is 11.2. The summed E-state index contributed by atoms with van der Waals surface area (Å²) in [4.78, 5) is 1.33. The minimum Gasteiger partial charge on any atom is -0.370 e. The largest absolute Gasteiger partial charge is 0.370 e. The van der Waals surface area contributed by atoms with Crippen molar-refractivity contribution in [2.45, 2.75) is 17.2 Å². The molecule has 0 saturated heterocycles. The molecule has 0 unspecified atom stereocenters. The molecule has 118 valence electrons. The zero-order valence-corrected chi connectivity index (χ0v) is 12.5. The Morgan fingerprint density at radius 2 is 1.73 bits per heavy atom. The zero-order chi connectivity index (χ0) is 16.3. The molecular weight excluding hydrogens is 315 g/mol. The van der Waals surface area contributed by atoms with E-state index >= 15 is 0 Å². The van der Waals surface area contributed by atoms with E-state index in [0.717, 1.165) is 17.7 Å². The Balaban J connectivity index is 2.17. The van der Waals surface area contributed by atoms with E-state index in [4.69, 9.17) is 0 Å². The lowest BCUT2D eigenvalue weighted by Gasteiger charge is -2.19. The Bertz CT molecular complexity index is 746. The average Bonchev–Trinajstić information content (AvgIpc) is 2.47. The normalized spacial score (nSPS) is 11.7. The molecule has 0 aromatic heterocycles. The molecule has 0 radical (unpaired) electrons. The molecule has 0 heterocycles. The molecule has 0 aliphatic rings.